The summed E-state index contributed by atoms with van der Waals surface area (Å²) in [4.78, 5) is 29.4. The quantitative estimate of drug-likeness (QED) is 0.649. The monoisotopic (exact) mass is 388 g/mol. The average molecular weight is 389 g/mol. The van der Waals surface area contributed by atoms with Gasteiger partial charge in [0.05, 0.1) is 0 Å². The Morgan fingerprint density at radius 2 is 1.96 bits per heavy atom. The molecule has 1 saturated carbocycles. The first-order chi connectivity index (χ1) is 13.5. The molecule has 0 radical (unpaired) electrons. The van der Waals surface area contributed by atoms with Gasteiger partial charge in [-0.25, -0.2) is 0 Å². The number of nitrogens with one attached hydrogen (secondary N) is 1. The summed E-state index contributed by atoms with van der Waals surface area (Å²) in [6, 6.07) is 8.84. The van der Waals surface area contributed by atoms with Crippen LogP contribution < -0.4 is 11.1 Å². The SMILES string of the molecule is COCC(=O)N1CC(N(Cc2ccc(C)cc2)C2CC2)CC1C(=O)NCCN. The molecule has 0 spiro atoms. The summed E-state index contributed by atoms with van der Waals surface area (Å²) in [5, 5.41) is 2.84. The van der Waals surface area contributed by atoms with Gasteiger partial charge < -0.3 is 20.7 Å². The van der Waals surface area contributed by atoms with Crippen LogP contribution >= 0.6 is 0 Å². The standard InChI is InChI=1S/C21H32N4O3/c1-15-3-5-16(6-4-15)12-24(17-7-8-17)18-11-19(21(27)23-10-9-22)25(13-18)20(26)14-28-2/h3-6,17-19H,7-14,22H2,1-2H3,(H,23,27). The van der Waals surface area contributed by atoms with Crippen LogP contribution in [0.3, 0.4) is 0 Å². The molecule has 3 N–H and O–H groups in total. The van der Waals surface area contributed by atoms with Crippen LogP contribution in [0, 0.1) is 6.92 Å². The summed E-state index contributed by atoms with van der Waals surface area (Å²) >= 11 is 0. The van der Waals surface area contributed by atoms with Gasteiger partial charge in [0, 0.05) is 45.4 Å². The number of ether oxygens (including phenoxy) is 1. The Balaban J connectivity index is 1.74. The number of benzene rings is 1. The Hall–Kier alpha value is -1.96. The van der Waals surface area contributed by atoms with Crippen LogP contribution in [0.2, 0.25) is 0 Å². The van der Waals surface area contributed by atoms with Crippen LogP contribution in [-0.2, 0) is 20.9 Å². The zero-order valence-electron chi connectivity index (χ0n) is 16.9. The highest BCUT2D eigenvalue weighted by Gasteiger charge is 2.44. The molecule has 7 heteroatoms. The third kappa shape index (κ3) is 5.10. The summed E-state index contributed by atoms with van der Waals surface area (Å²) in [5.74, 6) is -0.257. The van der Waals surface area contributed by atoms with E-state index < -0.39 is 6.04 Å². The van der Waals surface area contributed by atoms with Gasteiger partial charge in [-0.2, -0.15) is 0 Å². The Labute approximate surface area is 167 Å². The van der Waals surface area contributed by atoms with Gasteiger partial charge in [-0.3, -0.25) is 14.5 Å². The van der Waals surface area contributed by atoms with Crippen molar-refractivity contribution >= 4 is 11.8 Å². The Bertz CT molecular complexity index is 675. The van der Waals surface area contributed by atoms with Gasteiger partial charge in [-0.15, -0.1) is 0 Å². The normalized spacial score (nSPS) is 21.9. The van der Waals surface area contributed by atoms with Crippen molar-refractivity contribution in [1.29, 1.82) is 0 Å². The van der Waals surface area contributed by atoms with Crippen molar-refractivity contribution in [1.82, 2.24) is 15.1 Å². The van der Waals surface area contributed by atoms with Gasteiger partial charge in [0.2, 0.25) is 11.8 Å². The molecule has 1 aliphatic heterocycles. The van der Waals surface area contributed by atoms with Crippen LogP contribution in [-0.4, -0.2) is 73.1 Å². The molecular formula is C21H32N4O3. The molecule has 1 aromatic rings. The number of hydrogen-bond acceptors (Lipinski definition) is 5. The molecule has 2 atom stereocenters. The molecular weight excluding hydrogens is 356 g/mol. The van der Waals surface area contributed by atoms with Crippen molar-refractivity contribution in [3.8, 4) is 0 Å². The second-order valence-corrected chi connectivity index (χ2v) is 7.85. The average Bonchev–Trinajstić information content (AvgIpc) is 3.43. The van der Waals surface area contributed by atoms with Crippen molar-refractivity contribution in [2.45, 2.75) is 50.9 Å². The third-order valence-corrected chi connectivity index (χ3v) is 5.58. The second kappa shape index (κ2) is 9.49. The molecule has 3 rings (SSSR count). The van der Waals surface area contributed by atoms with Crippen molar-refractivity contribution in [3.05, 3.63) is 35.4 Å². The van der Waals surface area contributed by atoms with E-state index in [1.165, 1.54) is 31.1 Å². The van der Waals surface area contributed by atoms with Gasteiger partial charge in [-0.05, 0) is 31.7 Å². The van der Waals surface area contributed by atoms with Crippen molar-refractivity contribution in [2.24, 2.45) is 5.73 Å². The summed E-state index contributed by atoms with van der Waals surface area (Å²) in [6.45, 7) is 4.29. The van der Waals surface area contributed by atoms with Crippen LogP contribution in [0.25, 0.3) is 0 Å². The van der Waals surface area contributed by atoms with Gasteiger partial charge >= 0.3 is 0 Å². The molecule has 28 heavy (non-hydrogen) atoms. The number of aryl methyl sites for hydroxylation is 1. The lowest BCUT2D eigenvalue weighted by Gasteiger charge is -2.29. The first kappa shape index (κ1) is 20.8. The van der Waals surface area contributed by atoms with Crippen LogP contribution in [0.15, 0.2) is 24.3 Å². The number of likely N-dealkylation sites (tertiary alicyclic amines) is 1. The van der Waals surface area contributed by atoms with E-state index in [4.69, 9.17) is 10.5 Å². The van der Waals surface area contributed by atoms with E-state index in [1.807, 2.05) is 0 Å². The van der Waals surface area contributed by atoms with Crippen molar-refractivity contribution in [3.63, 3.8) is 0 Å². The molecule has 2 fully saturated rings. The van der Waals surface area contributed by atoms with Crippen LogP contribution in [0.1, 0.15) is 30.4 Å². The number of hydrogen-bond donors (Lipinski definition) is 2. The molecule has 1 heterocycles. The zero-order chi connectivity index (χ0) is 20.1. The lowest BCUT2D eigenvalue weighted by molar-refractivity contribution is -0.141. The maximum Gasteiger partial charge on any atom is 0.249 e. The lowest BCUT2D eigenvalue weighted by atomic mass is 10.1. The first-order valence-corrected chi connectivity index (χ1v) is 10.1. The molecule has 1 aromatic carbocycles. The number of rotatable bonds is 9. The summed E-state index contributed by atoms with van der Waals surface area (Å²) in [6.07, 6.45) is 3.01. The predicted molar refractivity (Wildman–Crippen MR) is 108 cm³/mol. The molecule has 2 unspecified atom stereocenters. The number of methoxy groups -OCH3 is 1. The molecule has 0 bridgehead atoms. The summed E-state index contributed by atoms with van der Waals surface area (Å²) in [7, 11) is 1.50. The number of carbonyl (C=O) groups excluding carboxylic acids is 2. The minimum Gasteiger partial charge on any atom is -0.375 e. The van der Waals surface area contributed by atoms with Crippen LogP contribution in [0.5, 0.6) is 0 Å². The minimum absolute atomic E-state index is 0.00518. The van der Waals surface area contributed by atoms with Gasteiger partial charge in [0.1, 0.15) is 12.6 Å². The largest absolute Gasteiger partial charge is 0.375 e. The van der Waals surface area contributed by atoms with E-state index in [0.29, 0.717) is 32.1 Å². The Morgan fingerprint density at radius 1 is 1.25 bits per heavy atom. The summed E-state index contributed by atoms with van der Waals surface area (Å²) in [5.41, 5.74) is 8.03. The lowest BCUT2D eigenvalue weighted by Crippen LogP contribution is -2.48. The topological polar surface area (TPSA) is 87.9 Å². The first-order valence-electron chi connectivity index (χ1n) is 10.1. The van der Waals surface area contributed by atoms with E-state index in [0.717, 1.165) is 6.54 Å². The number of amides is 2. The predicted octanol–water partition coefficient (Wildman–Crippen LogP) is 0.650. The molecule has 154 valence electrons. The molecule has 1 saturated heterocycles. The minimum atomic E-state index is -0.460. The maximum atomic E-state index is 12.7. The Morgan fingerprint density at radius 3 is 2.57 bits per heavy atom. The van der Waals surface area contributed by atoms with E-state index in [1.54, 1.807) is 4.90 Å². The molecule has 2 amide bonds. The smallest absolute Gasteiger partial charge is 0.249 e. The zero-order valence-corrected chi connectivity index (χ0v) is 16.9. The summed E-state index contributed by atoms with van der Waals surface area (Å²) < 4.78 is 5.03. The second-order valence-electron chi connectivity index (χ2n) is 7.85. The van der Waals surface area contributed by atoms with Crippen molar-refractivity contribution < 1.29 is 14.3 Å². The van der Waals surface area contributed by atoms with E-state index >= 15 is 0 Å². The Kier molecular flexibility index (Phi) is 7.04. The van der Waals surface area contributed by atoms with E-state index in [2.05, 4.69) is 41.4 Å². The number of nitrogens with two attached hydrogens (primary N) is 1. The third-order valence-electron chi connectivity index (χ3n) is 5.58. The fraction of sp³-hybridized carbons (Fsp3) is 0.619. The molecule has 0 aromatic heterocycles. The maximum absolute atomic E-state index is 12.7. The fourth-order valence-electron chi connectivity index (χ4n) is 3.96. The van der Waals surface area contributed by atoms with Crippen LogP contribution in [0.4, 0.5) is 0 Å². The highest BCUT2D eigenvalue weighted by atomic mass is 16.5. The van der Waals surface area contributed by atoms with Crippen molar-refractivity contribution in [2.75, 3.05) is 33.4 Å². The number of nitrogens with zero attached hydrogens (tertiary/aromatic N) is 2. The van der Waals surface area contributed by atoms with E-state index in [9.17, 15) is 9.59 Å². The highest BCUT2D eigenvalue weighted by Crippen LogP contribution is 2.34. The molecule has 1 aliphatic carbocycles. The van der Waals surface area contributed by atoms with Gasteiger partial charge in [-0.1, -0.05) is 29.8 Å². The van der Waals surface area contributed by atoms with Gasteiger partial charge in [0.25, 0.3) is 0 Å². The number of carbonyl (C=O) groups is 2. The highest BCUT2D eigenvalue weighted by molar-refractivity contribution is 5.88. The van der Waals surface area contributed by atoms with Gasteiger partial charge in [0.15, 0.2) is 0 Å². The molecule has 2 aliphatic rings. The van der Waals surface area contributed by atoms with E-state index in [-0.39, 0.29) is 24.5 Å². The fourth-order valence-corrected chi connectivity index (χ4v) is 3.96. The molecule has 7 nitrogen and oxygen atoms in total.